The third-order valence-corrected chi connectivity index (χ3v) is 1.94. The maximum absolute atomic E-state index is 9.85. The van der Waals surface area contributed by atoms with E-state index < -0.39 is 4.92 Å². The molecule has 4 nitrogen and oxygen atoms in total. The second-order valence-electron chi connectivity index (χ2n) is 1.62. The standard InChI is InChI=1S/C5H3ClN2O2S/c6-5-7-3-4(11-5)1-2-8(9)10/h1-3H/b2-1+. The fourth-order valence-corrected chi connectivity index (χ4v) is 1.33. The summed E-state index contributed by atoms with van der Waals surface area (Å²) in [7, 11) is 0. The molecule has 0 aliphatic heterocycles. The monoisotopic (exact) mass is 190 g/mol. The van der Waals surface area contributed by atoms with Gasteiger partial charge in [0.1, 0.15) is 0 Å². The molecule has 1 heterocycles. The van der Waals surface area contributed by atoms with Crippen LogP contribution in [0.3, 0.4) is 0 Å². The van der Waals surface area contributed by atoms with Crippen molar-refractivity contribution in [3.8, 4) is 0 Å². The molecule has 0 aliphatic carbocycles. The number of hydrogen-bond acceptors (Lipinski definition) is 4. The maximum Gasteiger partial charge on any atom is 0.235 e. The average Bonchev–Trinajstić information content (AvgIpc) is 2.31. The molecule has 0 bridgehead atoms. The Bertz CT molecular complexity index is 296. The summed E-state index contributed by atoms with van der Waals surface area (Å²) in [6.45, 7) is 0. The van der Waals surface area contributed by atoms with Crippen molar-refractivity contribution in [3.05, 3.63) is 31.9 Å². The van der Waals surface area contributed by atoms with Gasteiger partial charge in [-0.3, -0.25) is 10.1 Å². The van der Waals surface area contributed by atoms with Crippen LogP contribution in [0.4, 0.5) is 0 Å². The molecule has 0 saturated carbocycles. The van der Waals surface area contributed by atoms with E-state index in [1.54, 1.807) is 0 Å². The van der Waals surface area contributed by atoms with Crippen LogP contribution < -0.4 is 0 Å². The zero-order valence-electron chi connectivity index (χ0n) is 5.23. The van der Waals surface area contributed by atoms with E-state index in [4.69, 9.17) is 11.6 Å². The first-order valence-corrected chi connectivity index (χ1v) is 3.81. The van der Waals surface area contributed by atoms with Gasteiger partial charge < -0.3 is 0 Å². The van der Waals surface area contributed by atoms with Crippen molar-refractivity contribution in [2.24, 2.45) is 0 Å². The second-order valence-corrected chi connectivity index (χ2v) is 3.26. The lowest BCUT2D eigenvalue weighted by atomic mass is 10.5. The summed E-state index contributed by atoms with van der Waals surface area (Å²) in [5, 5.41) is 9.85. The fraction of sp³-hybridized carbons (Fsp3) is 0. The Hall–Kier alpha value is -0.940. The van der Waals surface area contributed by atoms with E-state index >= 15 is 0 Å². The Balaban J connectivity index is 2.71. The van der Waals surface area contributed by atoms with Crippen LogP contribution in [-0.2, 0) is 0 Å². The molecule has 0 spiro atoms. The molecule has 1 rings (SSSR count). The molecule has 0 saturated heterocycles. The quantitative estimate of drug-likeness (QED) is 0.530. The summed E-state index contributed by atoms with van der Waals surface area (Å²) >= 11 is 6.67. The highest BCUT2D eigenvalue weighted by atomic mass is 35.5. The van der Waals surface area contributed by atoms with Crippen LogP contribution in [0.5, 0.6) is 0 Å². The molecule has 0 N–H and O–H groups in total. The van der Waals surface area contributed by atoms with Gasteiger partial charge in [-0.15, -0.1) is 11.3 Å². The van der Waals surface area contributed by atoms with Gasteiger partial charge in [0.05, 0.1) is 9.80 Å². The summed E-state index contributed by atoms with van der Waals surface area (Å²) in [6.07, 6.45) is 3.68. The van der Waals surface area contributed by atoms with E-state index in [1.165, 1.54) is 23.6 Å². The lowest BCUT2D eigenvalue weighted by Crippen LogP contribution is -1.80. The van der Waals surface area contributed by atoms with Crippen LogP contribution >= 0.6 is 22.9 Å². The van der Waals surface area contributed by atoms with Gasteiger partial charge in [-0.25, -0.2) is 4.98 Å². The SMILES string of the molecule is O=[N+]([O-])/C=C/c1cnc(Cl)s1. The molecule has 0 atom stereocenters. The topological polar surface area (TPSA) is 56.0 Å². The first-order chi connectivity index (χ1) is 5.18. The zero-order valence-corrected chi connectivity index (χ0v) is 6.80. The Labute approximate surface area is 71.3 Å². The van der Waals surface area contributed by atoms with E-state index in [-0.39, 0.29) is 0 Å². The molecule has 0 aromatic carbocycles. The number of rotatable bonds is 2. The summed E-state index contributed by atoms with van der Waals surface area (Å²) in [5.74, 6) is 0. The molecule has 0 unspecified atom stereocenters. The summed E-state index contributed by atoms with van der Waals surface area (Å²) < 4.78 is 0.382. The van der Waals surface area contributed by atoms with Gasteiger partial charge in [0.25, 0.3) is 0 Å². The molecule has 1 aromatic heterocycles. The van der Waals surface area contributed by atoms with Crippen molar-refractivity contribution in [3.63, 3.8) is 0 Å². The van der Waals surface area contributed by atoms with Crippen molar-refractivity contribution in [2.75, 3.05) is 0 Å². The third kappa shape index (κ3) is 2.65. The number of nitrogens with zero attached hydrogens (tertiary/aromatic N) is 2. The van der Waals surface area contributed by atoms with E-state index in [0.29, 0.717) is 9.34 Å². The van der Waals surface area contributed by atoms with Gasteiger partial charge in [0.15, 0.2) is 4.47 Å². The lowest BCUT2D eigenvalue weighted by Gasteiger charge is -1.76. The Morgan fingerprint density at radius 3 is 3.00 bits per heavy atom. The van der Waals surface area contributed by atoms with Crippen LogP contribution in [0.1, 0.15) is 4.88 Å². The first kappa shape index (κ1) is 8.16. The average molecular weight is 191 g/mol. The zero-order chi connectivity index (χ0) is 8.27. The predicted octanol–water partition coefficient (Wildman–Crippen LogP) is 2.04. The van der Waals surface area contributed by atoms with Crippen LogP contribution in [0, 0.1) is 10.1 Å². The van der Waals surface area contributed by atoms with Crippen molar-refractivity contribution >= 4 is 29.0 Å². The normalized spacial score (nSPS) is 10.6. The molecular weight excluding hydrogens is 188 g/mol. The highest BCUT2D eigenvalue weighted by Gasteiger charge is 1.95. The highest BCUT2D eigenvalue weighted by Crippen LogP contribution is 2.18. The van der Waals surface area contributed by atoms with Crippen LogP contribution in [0.15, 0.2) is 12.4 Å². The number of nitro groups is 1. The smallest absolute Gasteiger partial charge is 0.235 e. The lowest BCUT2D eigenvalue weighted by molar-refractivity contribution is -0.400. The second kappa shape index (κ2) is 3.45. The minimum atomic E-state index is -0.534. The molecule has 0 radical (unpaired) electrons. The van der Waals surface area contributed by atoms with E-state index in [0.717, 1.165) is 6.20 Å². The number of halogens is 1. The van der Waals surface area contributed by atoms with Crippen LogP contribution in [-0.4, -0.2) is 9.91 Å². The van der Waals surface area contributed by atoms with Crippen molar-refractivity contribution < 1.29 is 4.92 Å². The van der Waals surface area contributed by atoms with Crippen molar-refractivity contribution in [1.29, 1.82) is 0 Å². The minimum Gasteiger partial charge on any atom is -0.259 e. The van der Waals surface area contributed by atoms with Gasteiger partial charge in [0.2, 0.25) is 6.20 Å². The first-order valence-electron chi connectivity index (χ1n) is 2.61. The number of aromatic nitrogens is 1. The molecule has 58 valence electrons. The summed E-state index contributed by atoms with van der Waals surface area (Å²) in [4.78, 5) is 13.7. The summed E-state index contributed by atoms with van der Waals surface area (Å²) in [5.41, 5.74) is 0. The third-order valence-electron chi connectivity index (χ3n) is 0.856. The van der Waals surface area contributed by atoms with Crippen LogP contribution in [0.25, 0.3) is 6.08 Å². The Morgan fingerprint density at radius 2 is 2.55 bits per heavy atom. The van der Waals surface area contributed by atoms with Gasteiger partial charge >= 0.3 is 0 Å². The number of thiazole rings is 1. The Morgan fingerprint density at radius 1 is 1.82 bits per heavy atom. The van der Waals surface area contributed by atoms with Gasteiger partial charge in [-0.05, 0) is 0 Å². The van der Waals surface area contributed by atoms with Crippen molar-refractivity contribution in [2.45, 2.75) is 0 Å². The molecule has 1 aromatic rings. The van der Waals surface area contributed by atoms with Crippen LogP contribution in [0.2, 0.25) is 4.47 Å². The largest absolute Gasteiger partial charge is 0.259 e. The molecule has 0 amide bonds. The maximum atomic E-state index is 9.85. The minimum absolute atomic E-state index is 0.382. The van der Waals surface area contributed by atoms with E-state index in [1.807, 2.05) is 0 Å². The highest BCUT2D eigenvalue weighted by molar-refractivity contribution is 7.16. The fourth-order valence-electron chi connectivity index (χ4n) is 0.476. The molecule has 11 heavy (non-hydrogen) atoms. The summed E-state index contributed by atoms with van der Waals surface area (Å²) in [6, 6.07) is 0. The molecule has 6 heteroatoms. The molecule has 0 fully saturated rings. The molecular formula is C5H3ClN2O2S. The van der Waals surface area contributed by atoms with E-state index in [2.05, 4.69) is 4.98 Å². The van der Waals surface area contributed by atoms with Gasteiger partial charge in [-0.2, -0.15) is 0 Å². The van der Waals surface area contributed by atoms with Crippen molar-refractivity contribution in [1.82, 2.24) is 4.98 Å². The van der Waals surface area contributed by atoms with Gasteiger partial charge in [0, 0.05) is 12.3 Å². The van der Waals surface area contributed by atoms with E-state index in [9.17, 15) is 10.1 Å². The Kier molecular flexibility index (Phi) is 2.56. The predicted molar refractivity (Wildman–Crippen MR) is 43.2 cm³/mol. The van der Waals surface area contributed by atoms with Gasteiger partial charge in [-0.1, -0.05) is 11.6 Å². The number of hydrogen-bond donors (Lipinski definition) is 0. The molecule has 0 aliphatic rings.